The van der Waals surface area contributed by atoms with Crippen molar-refractivity contribution < 1.29 is 14.7 Å². The van der Waals surface area contributed by atoms with Gasteiger partial charge < -0.3 is 14.8 Å². The van der Waals surface area contributed by atoms with E-state index in [1.54, 1.807) is 36.6 Å². The number of aromatic carboxylic acids is 1. The molecule has 0 unspecified atom stereocenters. The Bertz CT molecular complexity index is 616. The van der Waals surface area contributed by atoms with Crippen LogP contribution in [0.4, 0.5) is 5.69 Å². The van der Waals surface area contributed by atoms with Crippen molar-refractivity contribution in [2.75, 3.05) is 5.32 Å². The first kappa shape index (κ1) is 12.1. The number of anilines is 1. The summed E-state index contributed by atoms with van der Waals surface area (Å²) in [6.45, 7) is 3.60. The summed E-state index contributed by atoms with van der Waals surface area (Å²) in [5.74, 6) is -1.28. The highest BCUT2D eigenvalue weighted by Crippen LogP contribution is 2.12. The molecule has 2 aromatic heterocycles. The molecule has 6 nitrogen and oxygen atoms in total. The van der Waals surface area contributed by atoms with Gasteiger partial charge in [0.2, 0.25) is 5.91 Å². The van der Waals surface area contributed by atoms with E-state index < -0.39 is 5.97 Å². The number of rotatable bonds is 3. The van der Waals surface area contributed by atoms with Crippen LogP contribution in [0.3, 0.4) is 0 Å². The molecule has 94 valence electrons. The molecule has 2 heterocycles. The molecule has 0 bridgehead atoms. The summed E-state index contributed by atoms with van der Waals surface area (Å²) in [5.41, 5.74) is 1.10. The maximum absolute atomic E-state index is 11.5. The molecule has 2 aromatic rings. The van der Waals surface area contributed by atoms with E-state index in [1.807, 2.05) is 0 Å². The molecule has 0 spiro atoms. The minimum Gasteiger partial charge on any atom is -0.476 e. The minimum atomic E-state index is -1.08. The molecular weight excluding hydrogens is 234 g/mol. The fourth-order valence-electron chi connectivity index (χ4n) is 1.46. The van der Waals surface area contributed by atoms with Gasteiger partial charge in [-0.3, -0.25) is 4.79 Å². The van der Waals surface area contributed by atoms with Gasteiger partial charge in [-0.2, -0.15) is 0 Å². The second-order valence-electron chi connectivity index (χ2n) is 4.26. The monoisotopic (exact) mass is 247 g/mol. The first-order valence-electron chi connectivity index (χ1n) is 5.50. The predicted octanol–water partition coefficient (Wildman–Crippen LogP) is 1.63. The van der Waals surface area contributed by atoms with Crippen molar-refractivity contribution in [2.24, 2.45) is 5.92 Å². The van der Waals surface area contributed by atoms with E-state index in [0.717, 1.165) is 0 Å². The number of aromatic nitrogens is 2. The van der Waals surface area contributed by atoms with Crippen molar-refractivity contribution in [1.29, 1.82) is 0 Å². The van der Waals surface area contributed by atoms with E-state index in [-0.39, 0.29) is 17.5 Å². The fourth-order valence-corrected chi connectivity index (χ4v) is 1.46. The molecule has 2 N–H and O–H groups in total. The van der Waals surface area contributed by atoms with Gasteiger partial charge in [-0.25, -0.2) is 9.78 Å². The maximum atomic E-state index is 11.5. The third kappa shape index (κ3) is 2.32. The Labute approximate surface area is 103 Å². The van der Waals surface area contributed by atoms with Gasteiger partial charge in [-0.15, -0.1) is 0 Å². The molecule has 0 aromatic carbocycles. The molecule has 2 rings (SSSR count). The highest BCUT2D eigenvalue weighted by molar-refractivity contribution is 5.92. The number of nitrogens with one attached hydrogen (secondary N) is 1. The highest BCUT2D eigenvalue weighted by Gasteiger charge is 2.10. The Hall–Kier alpha value is -2.37. The lowest BCUT2D eigenvalue weighted by molar-refractivity contribution is -0.118. The Morgan fingerprint density at radius 2 is 2.06 bits per heavy atom. The average Bonchev–Trinajstić information content (AvgIpc) is 2.71. The predicted molar refractivity (Wildman–Crippen MR) is 65.6 cm³/mol. The number of imidazole rings is 1. The molecule has 18 heavy (non-hydrogen) atoms. The average molecular weight is 247 g/mol. The number of carbonyl (C=O) groups excluding carboxylic acids is 1. The van der Waals surface area contributed by atoms with E-state index in [0.29, 0.717) is 11.3 Å². The first-order chi connectivity index (χ1) is 8.47. The van der Waals surface area contributed by atoms with Crippen LogP contribution < -0.4 is 5.32 Å². The molecule has 6 heteroatoms. The minimum absolute atomic E-state index is 0.0256. The number of hydrogen-bond acceptors (Lipinski definition) is 3. The summed E-state index contributed by atoms with van der Waals surface area (Å²) in [4.78, 5) is 26.2. The molecule has 0 atom stereocenters. The molecule has 0 saturated heterocycles. The van der Waals surface area contributed by atoms with Crippen molar-refractivity contribution >= 4 is 23.2 Å². The molecule has 1 amide bonds. The topological polar surface area (TPSA) is 83.7 Å². The molecule has 0 fully saturated rings. The largest absolute Gasteiger partial charge is 0.476 e. The summed E-state index contributed by atoms with van der Waals surface area (Å²) in [7, 11) is 0. The number of carboxylic acids is 1. The van der Waals surface area contributed by atoms with E-state index in [1.165, 1.54) is 6.20 Å². The van der Waals surface area contributed by atoms with E-state index in [9.17, 15) is 9.59 Å². The lowest BCUT2D eigenvalue weighted by atomic mass is 10.2. The van der Waals surface area contributed by atoms with Crippen LogP contribution in [0, 0.1) is 5.92 Å². The van der Waals surface area contributed by atoms with Gasteiger partial charge in [0, 0.05) is 18.3 Å². The Morgan fingerprint density at radius 1 is 1.33 bits per heavy atom. The van der Waals surface area contributed by atoms with Crippen molar-refractivity contribution in [3.8, 4) is 0 Å². The molecule has 0 saturated carbocycles. The van der Waals surface area contributed by atoms with E-state index in [4.69, 9.17) is 5.11 Å². The van der Waals surface area contributed by atoms with Crippen molar-refractivity contribution in [3.05, 3.63) is 30.2 Å². The van der Waals surface area contributed by atoms with Gasteiger partial charge in [0.25, 0.3) is 0 Å². The van der Waals surface area contributed by atoms with Crippen LogP contribution in [0.25, 0.3) is 5.65 Å². The molecule has 0 aliphatic carbocycles. The van der Waals surface area contributed by atoms with Crippen LogP contribution in [0.15, 0.2) is 24.5 Å². The number of pyridine rings is 1. The number of fused-ring (bicyclic) bond motifs is 1. The number of hydrogen-bond donors (Lipinski definition) is 2. The number of carboxylic acid groups (broad SMARTS) is 1. The van der Waals surface area contributed by atoms with Crippen molar-refractivity contribution in [2.45, 2.75) is 13.8 Å². The van der Waals surface area contributed by atoms with Gasteiger partial charge in [-0.05, 0) is 12.1 Å². The van der Waals surface area contributed by atoms with Gasteiger partial charge in [0.15, 0.2) is 5.69 Å². The van der Waals surface area contributed by atoms with E-state index in [2.05, 4.69) is 10.3 Å². The van der Waals surface area contributed by atoms with Gasteiger partial charge in [0.05, 0.1) is 5.69 Å². The molecule has 0 aliphatic heterocycles. The summed E-state index contributed by atoms with van der Waals surface area (Å²) in [6.07, 6.45) is 3.04. The normalized spacial score (nSPS) is 10.8. The Morgan fingerprint density at radius 3 is 2.67 bits per heavy atom. The summed E-state index contributed by atoms with van der Waals surface area (Å²) in [6, 6.07) is 3.34. The smallest absolute Gasteiger partial charge is 0.356 e. The summed E-state index contributed by atoms with van der Waals surface area (Å²) < 4.78 is 1.57. The molecular formula is C12H13N3O3. The third-order valence-electron chi connectivity index (χ3n) is 2.46. The van der Waals surface area contributed by atoms with Crippen LogP contribution in [0.5, 0.6) is 0 Å². The van der Waals surface area contributed by atoms with Gasteiger partial charge >= 0.3 is 5.97 Å². The number of carbonyl (C=O) groups is 2. The lowest BCUT2D eigenvalue weighted by Gasteiger charge is -2.07. The second kappa shape index (κ2) is 4.48. The highest BCUT2D eigenvalue weighted by atomic mass is 16.4. The third-order valence-corrected chi connectivity index (χ3v) is 2.46. The number of amides is 1. The van der Waals surface area contributed by atoms with Gasteiger partial charge in [-0.1, -0.05) is 13.8 Å². The lowest BCUT2D eigenvalue weighted by Crippen LogP contribution is -2.17. The number of nitrogens with zero attached hydrogens (tertiary/aromatic N) is 2. The zero-order chi connectivity index (χ0) is 13.3. The Balaban J connectivity index is 2.32. The molecule has 0 radical (unpaired) electrons. The van der Waals surface area contributed by atoms with Crippen LogP contribution in [-0.4, -0.2) is 26.4 Å². The van der Waals surface area contributed by atoms with Gasteiger partial charge in [0.1, 0.15) is 5.65 Å². The van der Waals surface area contributed by atoms with Crippen LogP contribution in [0.1, 0.15) is 24.3 Å². The summed E-state index contributed by atoms with van der Waals surface area (Å²) >= 11 is 0. The van der Waals surface area contributed by atoms with Crippen LogP contribution in [-0.2, 0) is 4.79 Å². The summed E-state index contributed by atoms with van der Waals surface area (Å²) in [5, 5.41) is 11.6. The van der Waals surface area contributed by atoms with Crippen LogP contribution >= 0.6 is 0 Å². The first-order valence-corrected chi connectivity index (χ1v) is 5.50. The van der Waals surface area contributed by atoms with Crippen molar-refractivity contribution in [1.82, 2.24) is 9.38 Å². The zero-order valence-corrected chi connectivity index (χ0v) is 10.0. The second-order valence-corrected chi connectivity index (χ2v) is 4.26. The van der Waals surface area contributed by atoms with Crippen LogP contribution in [0.2, 0.25) is 0 Å². The maximum Gasteiger partial charge on any atom is 0.356 e. The van der Waals surface area contributed by atoms with Crippen molar-refractivity contribution in [3.63, 3.8) is 0 Å². The standard InChI is InChI=1S/C12H13N3O3/c1-7(2)11(16)13-8-3-4-10-14-9(12(17)18)6-15(10)5-8/h3-7H,1-2H3,(H,13,16)(H,17,18). The SMILES string of the molecule is CC(C)C(=O)Nc1ccc2nc(C(=O)O)cn2c1. The molecule has 0 aliphatic rings. The zero-order valence-electron chi connectivity index (χ0n) is 10.0. The fraction of sp³-hybridized carbons (Fsp3) is 0.250. The quantitative estimate of drug-likeness (QED) is 0.863. The van der Waals surface area contributed by atoms with E-state index >= 15 is 0 Å². The Kier molecular flexibility index (Phi) is 3.01.